The standard InChI is InChI=1S/C10H7N5O5S/c16-9(17)7-8(21-14-13-7)12-10(18)11-5-1-3-6(4-2-5)15(19)20/h1-4H,(H,16,17)(H2,11,12,18). The molecule has 11 heteroatoms. The van der Waals surface area contributed by atoms with Crippen molar-refractivity contribution in [2.75, 3.05) is 10.6 Å². The van der Waals surface area contributed by atoms with Crippen LogP contribution < -0.4 is 10.6 Å². The Labute approximate surface area is 120 Å². The normalized spacial score (nSPS) is 9.90. The number of nitrogens with zero attached hydrogens (tertiary/aromatic N) is 3. The lowest BCUT2D eigenvalue weighted by Crippen LogP contribution is -2.20. The number of hydrogen-bond donors (Lipinski definition) is 3. The van der Waals surface area contributed by atoms with Crippen LogP contribution in [0, 0.1) is 10.1 Å². The van der Waals surface area contributed by atoms with Crippen molar-refractivity contribution in [2.24, 2.45) is 0 Å². The highest BCUT2D eigenvalue weighted by molar-refractivity contribution is 7.10. The number of rotatable bonds is 4. The van der Waals surface area contributed by atoms with Crippen LogP contribution in [0.3, 0.4) is 0 Å². The zero-order valence-corrected chi connectivity index (χ0v) is 11.0. The van der Waals surface area contributed by atoms with Gasteiger partial charge in [0.15, 0.2) is 5.00 Å². The largest absolute Gasteiger partial charge is 0.476 e. The molecule has 0 atom stereocenters. The molecule has 3 N–H and O–H groups in total. The van der Waals surface area contributed by atoms with Crippen molar-refractivity contribution in [3.63, 3.8) is 0 Å². The van der Waals surface area contributed by atoms with E-state index in [1.807, 2.05) is 0 Å². The second kappa shape index (κ2) is 5.92. The fourth-order valence-electron chi connectivity index (χ4n) is 1.34. The Balaban J connectivity index is 2.03. The molecule has 21 heavy (non-hydrogen) atoms. The summed E-state index contributed by atoms with van der Waals surface area (Å²) in [6.45, 7) is 0. The molecular formula is C10H7N5O5S. The van der Waals surface area contributed by atoms with Crippen LogP contribution in [0.15, 0.2) is 24.3 Å². The summed E-state index contributed by atoms with van der Waals surface area (Å²) in [6.07, 6.45) is 0. The number of benzene rings is 1. The third kappa shape index (κ3) is 3.48. The Morgan fingerprint density at radius 3 is 2.48 bits per heavy atom. The number of carbonyl (C=O) groups excluding carboxylic acids is 1. The van der Waals surface area contributed by atoms with Crippen molar-refractivity contribution in [1.29, 1.82) is 0 Å². The summed E-state index contributed by atoms with van der Waals surface area (Å²) in [6, 6.07) is 4.44. The summed E-state index contributed by atoms with van der Waals surface area (Å²) in [4.78, 5) is 32.4. The number of aromatic carboxylic acids is 1. The van der Waals surface area contributed by atoms with Crippen molar-refractivity contribution < 1.29 is 19.6 Å². The molecular weight excluding hydrogens is 302 g/mol. The van der Waals surface area contributed by atoms with Gasteiger partial charge in [-0.05, 0) is 12.1 Å². The van der Waals surface area contributed by atoms with E-state index < -0.39 is 16.9 Å². The van der Waals surface area contributed by atoms with Gasteiger partial charge in [-0.1, -0.05) is 4.49 Å². The number of nitrogens with one attached hydrogen (secondary N) is 2. The molecule has 1 aromatic heterocycles. The fraction of sp³-hybridized carbons (Fsp3) is 0. The molecule has 0 spiro atoms. The molecule has 2 aromatic rings. The van der Waals surface area contributed by atoms with E-state index in [0.717, 1.165) is 11.5 Å². The predicted octanol–water partition coefficient (Wildman–Crippen LogP) is 1.79. The maximum absolute atomic E-state index is 11.7. The van der Waals surface area contributed by atoms with Gasteiger partial charge in [0.05, 0.1) is 4.92 Å². The highest BCUT2D eigenvalue weighted by Crippen LogP contribution is 2.19. The first-order valence-electron chi connectivity index (χ1n) is 5.35. The number of aromatic nitrogens is 2. The van der Waals surface area contributed by atoms with E-state index in [0.29, 0.717) is 5.69 Å². The third-order valence-corrected chi connectivity index (χ3v) is 2.89. The van der Waals surface area contributed by atoms with E-state index in [2.05, 4.69) is 20.2 Å². The van der Waals surface area contributed by atoms with Crippen molar-refractivity contribution in [3.8, 4) is 0 Å². The van der Waals surface area contributed by atoms with Crippen LogP contribution in [-0.2, 0) is 0 Å². The number of carboxylic acid groups (broad SMARTS) is 1. The van der Waals surface area contributed by atoms with Gasteiger partial charge >= 0.3 is 12.0 Å². The molecule has 0 aliphatic heterocycles. The van der Waals surface area contributed by atoms with Crippen LogP contribution in [0.5, 0.6) is 0 Å². The number of carbonyl (C=O) groups is 2. The number of hydrogen-bond acceptors (Lipinski definition) is 7. The average molecular weight is 309 g/mol. The summed E-state index contributed by atoms with van der Waals surface area (Å²) in [5, 5.41) is 27.3. The molecule has 0 aliphatic rings. The van der Waals surface area contributed by atoms with Crippen molar-refractivity contribution in [1.82, 2.24) is 9.59 Å². The van der Waals surface area contributed by atoms with Crippen molar-refractivity contribution >= 4 is 39.9 Å². The van der Waals surface area contributed by atoms with Crippen molar-refractivity contribution in [3.05, 3.63) is 40.1 Å². The summed E-state index contributed by atoms with van der Waals surface area (Å²) in [7, 11) is 0. The molecule has 0 unspecified atom stereocenters. The smallest absolute Gasteiger partial charge is 0.359 e. The van der Waals surface area contributed by atoms with Crippen molar-refractivity contribution in [2.45, 2.75) is 0 Å². The topological polar surface area (TPSA) is 147 Å². The Morgan fingerprint density at radius 2 is 1.90 bits per heavy atom. The molecule has 108 valence electrons. The van der Waals surface area contributed by atoms with Crippen LogP contribution in [0.4, 0.5) is 21.2 Å². The van der Waals surface area contributed by atoms with Gasteiger partial charge < -0.3 is 10.4 Å². The molecule has 0 saturated carbocycles. The van der Waals surface area contributed by atoms with Gasteiger partial charge in [0, 0.05) is 29.4 Å². The zero-order chi connectivity index (χ0) is 15.4. The Bertz CT molecular complexity index is 698. The molecule has 0 fully saturated rings. The molecule has 1 aromatic carbocycles. The van der Waals surface area contributed by atoms with Gasteiger partial charge in [-0.25, -0.2) is 9.59 Å². The first kappa shape index (κ1) is 14.3. The molecule has 1 heterocycles. The fourth-order valence-corrected chi connectivity index (χ4v) is 1.90. The zero-order valence-electron chi connectivity index (χ0n) is 10.1. The molecule has 0 aliphatic carbocycles. The first-order valence-corrected chi connectivity index (χ1v) is 6.13. The van der Waals surface area contributed by atoms with E-state index >= 15 is 0 Å². The maximum Gasteiger partial charge on any atom is 0.359 e. The first-order chi connectivity index (χ1) is 9.97. The van der Waals surface area contributed by atoms with Crippen LogP contribution in [0.2, 0.25) is 0 Å². The molecule has 0 bridgehead atoms. The lowest BCUT2D eigenvalue weighted by atomic mass is 10.3. The Morgan fingerprint density at radius 1 is 1.24 bits per heavy atom. The van der Waals surface area contributed by atoms with E-state index in [1.54, 1.807) is 0 Å². The lowest BCUT2D eigenvalue weighted by Gasteiger charge is -2.05. The minimum atomic E-state index is -1.31. The van der Waals surface area contributed by atoms with Crippen LogP contribution >= 0.6 is 11.5 Å². The SMILES string of the molecule is O=C(Nc1ccc([N+](=O)[O-])cc1)Nc1snnc1C(=O)O. The molecule has 2 rings (SSSR count). The maximum atomic E-state index is 11.7. The Kier molecular flexibility index (Phi) is 4.04. The van der Waals surface area contributed by atoms with Gasteiger partial charge in [-0.3, -0.25) is 15.4 Å². The van der Waals surface area contributed by atoms with Gasteiger partial charge in [0.2, 0.25) is 5.69 Å². The minimum Gasteiger partial charge on any atom is -0.476 e. The number of non-ortho nitro benzene ring substituents is 1. The highest BCUT2D eigenvalue weighted by atomic mass is 32.1. The average Bonchev–Trinajstić information content (AvgIpc) is 2.87. The molecule has 10 nitrogen and oxygen atoms in total. The number of urea groups is 1. The third-order valence-electron chi connectivity index (χ3n) is 2.25. The summed E-state index contributed by atoms with van der Waals surface area (Å²) >= 11 is 0.720. The number of nitro benzene ring substituents is 1. The summed E-state index contributed by atoms with van der Waals surface area (Å²) in [5.41, 5.74) is -0.160. The second-order valence-electron chi connectivity index (χ2n) is 3.64. The van der Waals surface area contributed by atoms with Gasteiger partial charge in [0.1, 0.15) is 0 Å². The monoisotopic (exact) mass is 309 g/mol. The number of amides is 2. The number of anilines is 2. The minimum absolute atomic E-state index is 0.0121. The molecule has 2 amide bonds. The number of carboxylic acids is 1. The van der Waals surface area contributed by atoms with E-state index in [1.165, 1.54) is 24.3 Å². The van der Waals surface area contributed by atoms with Crippen LogP contribution in [0.1, 0.15) is 10.5 Å². The second-order valence-corrected chi connectivity index (χ2v) is 4.39. The van der Waals surface area contributed by atoms with Gasteiger partial charge in [0.25, 0.3) is 5.69 Å². The highest BCUT2D eigenvalue weighted by Gasteiger charge is 2.17. The number of nitro groups is 1. The molecule has 0 radical (unpaired) electrons. The summed E-state index contributed by atoms with van der Waals surface area (Å²) in [5.74, 6) is -1.31. The lowest BCUT2D eigenvalue weighted by molar-refractivity contribution is -0.384. The molecule has 0 saturated heterocycles. The van der Waals surface area contributed by atoms with Crippen LogP contribution in [0.25, 0.3) is 0 Å². The van der Waals surface area contributed by atoms with Gasteiger partial charge in [-0.15, -0.1) is 5.10 Å². The van der Waals surface area contributed by atoms with Gasteiger partial charge in [-0.2, -0.15) is 0 Å². The quantitative estimate of drug-likeness (QED) is 0.576. The van der Waals surface area contributed by atoms with E-state index in [4.69, 9.17) is 5.11 Å². The van der Waals surface area contributed by atoms with Crippen LogP contribution in [-0.4, -0.2) is 31.6 Å². The predicted molar refractivity (Wildman–Crippen MR) is 72.6 cm³/mol. The van der Waals surface area contributed by atoms with E-state index in [-0.39, 0.29) is 16.4 Å². The summed E-state index contributed by atoms with van der Waals surface area (Å²) < 4.78 is 3.43. The van der Waals surface area contributed by atoms with E-state index in [9.17, 15) is 19.7 Å². The Hall–Kier alpha value is -3.08.